The summed E-state index contributed by atoms with van der Waals surface area (Å²) < 4.78 is 0. The van der Waals surface area contributed by atoms with Crippen LogP contribution in [0.3, 0.4) is 0 Å². The number of rotatable bonds is 9. The molecule has 1 heteroatoms. The number of allylic oxidation sites excluding steroid dienone is 4. The summed E-state index contributed by atoms with van der Waals surface area (Å²) >= 11 is 0. The molecule has 0 radical (unpaired) electrons. The van der Waals surface area contributed by atoms with Crippen LogP contribution >= 0.6 is 0 Å². The Morgan fingerprint density at radius 3 is 1.39 bits per heavy atom. The van der Waals surface area contributed by atoms with Gasteiger partial charge in [0.1, 0.15) is 0 Å². The summed E-state index contributed by atoms with van der Waals surface area (Å²) in [6.07, 6.45) is 12.5. The number of hydrogen-bond donors (Lipinski definition) is 1. The van der Waals surface area contributed by atoms with E-state index >= 15 is 0 Å². The first-order valence-corrected chi connectivity index (χ1v) is 10.9. The van der Waals surface area contributed by atoms with Crippen molar-refractivity contribution in [3.63, 3.8) is 0 Å². The van der Waals surface area contributed by atoms with Crippen LogP contribution in [0.1, 0.15) is 96.4 Å². The van der Waals surface area contributed by atoms with E-state index in [1.807, 2.05) is 0 Å². The van der Waals surface area contributed by atoms with E-state index in [1.165, 1.54) is 0 Å². The van der Waals surface area contributed by atoms with Crippen molar-refractivity contribution in [2.24, 2.45) is 38.7 Å². The fourth-order valence-corrected chi connectivity index (χ4v) is 3.84. The van der Waals surface area contributed by atoms with Gasteiger partial charge in [0.2, 0.25) is 0 Å². The molecule has 0 amide bonds. The standard InChI is InChI=1S/C27H51N/c1-15-21(27(13,14)24(7,8)20-19-22(2,3)4)26(11,12)23(5,6)17-16-18-25(9,10)28/h15-17,19-21H,1,18,28H2,2-14H3/b17-16-,20-19+. The molecular formula is C27H51N. The van der Waals surface area contributed by atoms with Gasteiger partial charge in [-0.05, 0) is 53.3 Å². The second kappa shape index (κ2) is 8.50. The lowest BCUT2D eigenvalue weighted by molar-refractivity contribution is -0.0186. The first-order chi connectivity index (χ1) is 12.1. The second-order valence-corrected chi connectivity index (χ2v) is 12.9. The van der Waals surface area contributed by atoms with Gasteiger partial charge in [-0.25, -0.2) is 0 Å². The summed E-state index contributed by atoms with van der Waals surface area (Å²) in [7, 11) is 0. The lowest BCUT2D eigenvalue weighted by Gasteiger charge is -2.55. The molecule has 0 saturated heterocycles. The maximum atomic E-state index is 6.18. The van der Waals surface area contributed by atoms with Crippen LogP contribution in [-0.2, 0) is 0 Å². The van der Waals surface area contributed by atoms with Gasteiger partial charge in [0, 0.05) is 5.54 Å². The highest BCUT2D eigenvalue weighted by molar-refractivity contribution is 5.16. The van der Waals surface area contributed by atoms with E-state index in [2.05, 4.69) is 127 Å². The van der Waals surface area contributed by atoms with Gasteiger partial charge < -0.3 is 5.73 Å². The predicted octanol–water partition coefficient (Wildman–Crippen LogP) is 8.18. The maximum absolute atomic E-state index is 6.18. The minimum absolute atomic E-state index is 0.0121. The fraction of sp³-hybridized carbons (Fsp3) is 0.778. The van der Waals surface area contributed by atoms with Crippen molar-refractivity contribution in [1.82, 2.24) is 0 Å². The lowest BCUT2D eigenvalue weighted by Crippen LogP contribution is -2.49. The summed E-state index contributed by atoms with van der Waals surface area (Å²) in [6.45, 7) is 34.2. The van der Waals surface area contributed by atoms with Gasteiger partial charge in [-0.2, -0.15) is 0 Å². The van der Waals surface area contributed by atoms with Crippen LogP contribution in [0.2, 0.25) is 0 Å². The van der Waals surface area contributed by atoms with E-state index < -0.39 is 0 Å². The molecule has 0 heterocycles. The van der Waals surface area contributed by atoms with Crippen LogP contribution in [0, 0.1) is 33.0 Å². The van der Waals surface area contributed by atoms with Crippen LogP contribution in [0.15, 0.2) is 37.0 Å². The Labute approximate surface area is 177 Å². The summed E-state index contributed by atoms with van der Waals surface area (Å²) in [4.78, 5) is 0. The largest absolute Gasteiger partial charge is 0.325 e. The highest BCUT2D eigenvalue weighted by atomic mass is 14.7. The monoisotopic (exact) mass is 389 g/mol. The molecule has 0 spiro atoms. The Hall–Kier alpha value is -0.820. The second-order valence-electron chi connectivity index (χ2n) is 12.9. The average molecular weight is 390 g/mol. The lowest BCUT2D eigenvalue weighted by atomic mass is 9.49. The van der Waals surface area contributed by atoms with Crippen molar-refractivity contribution in [2.45, 2.75) is 102 Å². The third-order valence-corrected chi connectivity index (χ3v) is 7.29. The summed E-state index contributed by atoms with van der Waals surface area (Å²) in [5.74, 6) is 0.338. The molecule has 0 saturated carbocycles. The van der Waals surface area contributed by atoms with Gasteiger partial charge in [0.25, 0.3) is 0 Å². The van der Waals surface area contributed by atoms with E-state index in [0.29, 0.717) is 5.92 Å². The smallest absolute Gasteiger partial charge is 0.0132 e. The van der Waals surface area contributed by atoms with Crippen LogP contribution in [-0.4, -0.2) is 5.54 Å². The van der Waals surface area contributed by atoms with Crippen LogP contribution in [0.5, 0.6) is 0 Å². The fourth-order valence-electron chi connectivity index (χ4n) is 3.84. The van der Waals surface area contributed by atoms with Gasteiger partial charge in [0.05, 0.1) is 0 Å². The van der Waals surface area contributed by atoms with Gasteiger partial charge in [-0.1, -0.05) is 107 Å². The third-order valence-electron chi connectivity index (χ3n) is 7.29. The number of hydrogen-bond acceptors (Lipinski definition) is 1. The van der Waals surface area contributed by atoms with E-state index in [0.717, 1.165) is 6.42 Å². The molecule has 0 fully saturated rings. The zero-order valence-electron chi connectivity index (χ0n) is 21.5. The Kier molecular flexibility index (Phi) is 8.26. The molecule has 2 N–H and O–H groups in total. The first kappa shape index (κ1) is 27.2. The Balaban J connectivity index is 6.00. The van der Waals surface area contributed by atoms with Crippen molar-refractivity contribution in [3.8, 4) is 0 Å². The quantitative estimate of drug-likeness (QED) is 0.395. The molecule has 1 unspecified atom stereocenters. The highest BCUT2D eigenvalue weighted by Crippen LogP contribution is 2.58. The van der Waals surface area contributed by atoms with Gasteiger partial charge in [-0.3, -0.25) is 0 Å². The maximum Gasteiger partial charge on any atom is 0.0132 e. The molecule has 0 aliphatic carbocycles. The van der Waals surface area contributed by atoms with E-state index in [-0.39, 0.29) is 32.6 Å². The van der Waals surface area contributed by atoms with E-state index in [4.69, 9.17) is 5.73 Å². The minimum Gasteiger partial charge on any atom is -0.325 e. The summed E-state index contributed by atoms with van der Waals surface area (Å²) in [5, 5.41) is 0. The molecule has 1 nitrogen and oxygen atoms in total. The molecule has 1 atom stereocenters. The molecule has 0 aromatic rings. The molecule has 0 aliphatic heterocycles. The molecule has 164 valence electrons. The molecule has 0 bridgehead atoms. The average Bonchev–Trinajstić information content (AvgIpc) is 2.42. The van der Waals surface area contributed by atoms with Crippen molar-refractivity contribution in [1.29, 1.82) is 0 Å². The first-order valence-electron chi connectivity index (χ1n) is 10.9. The van der Waals surface area contributed by atoms with Crippen molar-refractivity contribution in [2.75, 3.05) is 0 Å². The molecule has 0 aromatic carbocycles. The molecule has 28 heavy (non-hydrogen) atoms. The van der Waals surface area contributed by atoms with E-state index in [1.54, 1.807) is 0 Å². The van der Waals surface area contributed by atoms with Crippen molar-refractivity contribution < 1.29 is 0 Å². The normalized spacial score (nSPS) is 16.8. The SMILES string of the molecule is C=CC(C(C)(C)C(C)(C)/C=C\CC(C)(C)N)C(C)(C)C(C)(C)/C=C/C(C)(C)C. The third kappa shape index (κ3) is 6.90. The van der Waals surface area contributed by atoms with Crippen LogP contribution < -0.4 is 5.73 Å². The van der Waals surface area contributed by atoms with Gasteiger partial charge in [0.15, 0.2) is 0 Å². The minimum atomic E-state index is -0.173. The summed E-state index contributed by atoms with van der Waals surface area (Å²) in [5.41, 5.74) is 6.31. The molecule has 0 aliphatic rings. The highest BCUT2D eigenvalue weighted by Gasteiger charge is 2.51. The zero-order chi connectivity index (χ0) is 22.8. The van der Waals surface area contributed by atoms with Gasteiger partial charge in [-0.15, -0.1) is 6.58 Å². The van der Waals surface area contributed by atoms with Crippen LogP contribution in [0.4, 0.5) is 0 Å². The Morgan fingerprint density at radius 2 is 1.07 bits per heavy atom. The molecule has 0 aromatic heterocycles. The number of nitrogens with two attached hydrogens (primary N) is 1. The topological polar surface area (TPSA) is 26.0 Å². The Bertz CT molecular complexity index is 568. The van der Waals surface area contributed by atoms with Crippen molar-refractivity contribution >= 4 is 0 Å². The summed E-state index contributed by atoms with van der Waals surface area (Å²) in [6, 6.07) is 0. The van der Waals surface area contributed by atoms with E-state index in [9.17, 15) is 0 Å². The molecule has 0 rings (SSSR count). The Morgan fingerprint density at radius 1 is 0.679 bits per heavy atom. The van der Waals surface area contributed by atoms with Gasteiger partial charge >= 0.3 is 0 Å². The zero-order valence-corrected chi connectivity index (χ0v) is 21.5. The predicted molar refractivity (Wildman–Crippen MR) is 129 cm³/mol. The molecular weight excluding hydrogens is 338 g/mol. The van der Waals surface area contributed by atoms with Crippen LogP contribution in [0.25, 0.3) is 0 Å². The van der Waals surface area contributed by atoms with Crippen molar-refractivity contribution in [3.05, 3.63) is 37.0 Å².